The van der Waals surface area contributed by atoms with Gasteiger partial charge in [0.2, 0.25) is 0 Å². The number of aliphatic hydroxyl groups excluding tert-OH is 2. The average Bonchev–Trinajstić information content (AvgIpc) is 2.81. The third-order valence-corrected chi connectivity index (χ3v) is 3.68. The number of carbonyl (C=O) groups excluding carboxylic acids is 2. The van der Waals surface area contributed by atoms with E-state index in [2.05, 4.69) is 9.97 Å². The van der Waals surface area contributed by atoms with E-state index in [9.17, 15) is 19.8 Å². The number of pyridine rings is 2. The van der Waals surface area contributed by atoms with Crippen LogP contribution in [0.25, 0.3) is 21.5 Å². The fraction of sp³-hybridized carbons (Fsp3) is 0.0909. The molecule has 0 aliphatic heterocycles. The molecule has 0 amide bonds. The Kier molecular flexibility index (Phi) is 13.0. The van der Waals surface area contributed by atoms with Crippen molar-refractivity contribution in [3.8, 4) is 0 Å². The Morgan fingerprint density at radius 3 is 1.23 bits per heavy atom. The van der Waals surface area contributed by atoms with Crippen molar-refractivity contribution in [1.82, 2.24) is 9.97 Å². The number of rotatable bonds is 2. The van der Waals surface area contributed by atoms with Crippen LogP contribution in [0.2, 0.25) is 0 Å². The standard InChI is InChI=1S/2C10H7NO2.2CH4O.Cu/c2*12-10(13)9-5-7-3-1-2-4-8(7)6-11-9;2*1-2;/h2*1-6H,(H,12,13);2*2H,1H3;/q;;;;+2/p-2. The molecule has 0 atom stereocenters. The molecule has 9 heteroatoms. The molecular weight excluding hydrogens is 452 g/mol. The van der Waals surface area contributed by atoms with Crippen molar-refractivity contribution in [3.63, 3.8) is 0 Å². The molecule has 0 saturated carbocycles. The van der Waals surface area contributed by atoms with Crippen LogP contribution in [0.3, 0.4) is 0 Å². The van der Waals surface area contributed by atoms with Crippen LogP contribution in [0.1, 0.15) is 21.0 Å². The van der Waals surface area contributed by atoms with Gasteiger partial charge in [0, 0.05) is 37.4 Å². The number of carboxylic acids is 2. The topological polar surface area (TPSA) is 146 Å². The van der Waals surface area contributed by atoms with Crippen LogP contribution >= 0.6 is 0 Å². The number of hydrogen-bond acceptors (Lipinski definition) is 8. The van der Waals surface area contributed by atoms with Crippen LogP contribution in [0, 0.1) is 0 Å². The Hall–Kier alpha value is -3.36. The number of carbonyl (C=O) groups is 2. The van der Waals surface area contributed by atoms with E-state index in [1.54, 1.807) is 0 Å². The SMILES string of the molecule is CO.CO.O=C([O-])c1cc2ccccc2cn1.O=C([O-])c1cc2ccccc2cn1.[Cu+2]. The van der Waals surface area contributed by atoms with E-state index in [1.807, 2.05) is 48.5 Å². The maximum Gasteiger partial charge on any atom is 2.00 e. The smallest absolute Gasteiger partial charge is 0.543 e. The van der Waals surface area contributed by atoms with Gasteiger partial charge >= 0.3 is 17.1 Å². The molecule has 0 aliphatic carbocycles. The molecular formula is C22H20CuN2O6. The molecule has 2 aromatic carbocycles. The number of benzene rings is 2. The summed E-state index contributed by atoms with van der Waals surface area (Å²) in [4.78, 5) is 28.4. The summed E-state index contributed by atoms with van der Waals surface area (Å²) in [5.41, 5.74) is -0.0580. The van der Waals surface area contributed by atoms with Gasteiger partial charge in [0.15, 0.2) is 0 Å². The molecule has 0 fully saturated rings. The van der Waals surface area contributed by atoms with E-state index < -0.39 is 11.9 Å². The van der Waals surface area contributed by atoms with Crippen molar-refractivity contribution in [2.75, 3.05) is 14.2 Å². The first kappa shape index (κ1) is 27.6. The second-order valence-electron chi connectivity index (χ2n) is 5.41. The number of nitrogens with zero attached hydrogens (tertiary/aromatic N) is 2. The molecule has 0 saturated heterocycles. The normalized spacial score (nSPS) is 8.90. The molecule has 0 aliphatic rings. The van der Waals surface area contributed by atoms with Crippen molar-refractivity contribution in [2.24, 2.45) is 0 Å². The summed E-state index contributed by atoms with van der Waals surface area (Å²) >= 11 is 0. The quantitative estimate of drug-likeness (QED) is 0.399. The van der Waals surface area contributed by atoms with Gasteiger partial charge < -0.3 is 30.0 Å². The Morgan fingerprint density at radius 1 is 0.645 bits per heavy atom. The summed E-state index contributed by atoms with van der Waals surface area (Å²) < 4.78 is 0. The van der Waals surface area contributed by atoms with Crippen LogP contribution in [-0.4, -0.2) is 46.3 Å². The van der Waals surface area contributed by atoms with Gasteiger partial charge in [0.25, 0.3) is 0 Å². The first-order chi connectivity index (χ1) is 14.5. The van der Waals surface area contributed by atoms with Crippen molar-refractivity contribution in [3.05, 3.63) is 84.4 Å². The summed E-state index contributed by atoms with van der Waals surface area (Å²) in [7, 11) is 2.00. The molecule has 2 aromatic heterocycles. The van der Waals surface area contributed by atoms with E-state index >= 15 is 0 Å². The van der Waals surface area contributed by atoms with Gasteiger partial charge in [0.05, 0.1) is 23.3 Å². The van der Waals surface area contributed by atoms with Crippen LogP contribution in [0.4, 0.5) is 0 Å². The van der Waals surface area contributed by atoms with Gasteiger partial charge in [-0.1, -0.05) is 48.5 Å². The summed E-state index contributed by atoms with van der Waals surface area (Å²) in [6.45, 7) is 0. The van der Waals surface area contributed by atoms with E-state index in [1.165, 1.54) is 24.5 Å². The van der Waals surface area contributed by atoms with Crippen molar-refractivity contribution in [1.29, 1.82) is 0 Å². The maximum atomic E-state index is 10.5. The Balaban J connectivity index is 0.000000487. The minimum Gasteiger partial charge on any atom is -0.543 e. The molecule has 1 radical (unpaired) electrons. The van der Waals surface area contributed by atoms with Crippen LogP contribution in [-0.2, 0) is 17.1 Å². The largest absolute Gasteiger partial charge is 2.00 e. The Labute approximate surface area is 189 Å². The Morgan fingerprint density at radius 2 is 0.935 bits per heavy atom. The van der Waals surface area contributed by atoms with Gasteiger partial charge in [-0.2, -0.15) is 0 Å². The predicted octanol–water partition coefficient (Wildman–Crippen LogP) is 0.411. The predicted molar refractivity (Wildman–Crippen MR) is 108 cm³/mol. The summed E-state index contributed by atoms with van der Waals surface area (Å²) in [5, 5.41) is 38.5. The number of aromatic carboxylic acids is 2. The minimum atomic E-state index is -1.24. The fourth-order valence-corrected chi connectivity index (χ4v) is 2.39. The van der Waals surface area contributed by atoms with E-state index in [4.69, 9.17) is 10.2 Å². The zero-order valence-corrected chi connectivity index (χ0v) is 17.6. The first-order valence-electron chi connectivity index (χ1n) is 8.56. The monoisotopic (exact) mass is 471 g/mol. The molecule has 0 bridgehead atoms. The van der Waals surface area contributed by atoms with Crippen LogP contribution in [0.15, 0.2) is 73.1 Å². The van der Waals surface area contributed by atoms with Crippen molar-refractivity contribution >= 4 is 33.5 Å². The third kappa shape index (κ3) is 8.12. The second-order valence-corrected chi connectivity index (χ2v) is 5.41. The molecule has 0 unspecified atom stereocenters. The van der Waals surface area contributed by atoms with Gasteiger partial charge in [-0.05, 0) is 22.9 Å². The second kappa shape index (κ2) is 14.6. The van der Waals surface area contributed by atoms with Gasteiger partial charge in [-0.15, -0.1) is 0 Å². The van der Waals surface area contributed by atoms with Crippen LogP contribution < -0.4 is 10.2 Å². The van der Waals surface area contributed by atoms with E-state index in [0.29, 0.717) is 0 Å². The van der Waals surface area contributed by atoms with Gasteiger partial charge in [-0.3, -0.25) is 9.97 Å². The van der Waals surface area contributed by atoms with Crippen LogP contribution in [0.5, 0.6) is 0 Å². The van der Waals surface area contributed by atoms with Crippen molar-refractivity contribution in [2.45, 2.75) is 0 Å². The maximum absolute atomic E-state index is 10.5. The zero-order chi connectivity index (χ0) is 22.5. The number of carboxylic acid groups (broad SMARTS) is 2. The molecule has 4 rings (SSSR count). The molecule has 0 spiro atoms. The third-order valence-electron chi connectivity index (χ3n) is 3.68. The summed E-state index contributed by atoms with van der Waals surface area (Å²) in [6.07, 6.45) is 3.06. The first-order valence-corrected chi connectivity index (χ1v) is 8.56. The van der Waals surface area contributed by atoms with Gasteiger partial charge in [-0.25, -0.2) is 0 Å². The average molecular weight is 472 g/mol. The molecule has 2 heterocycles. The minimum absolute atomic E-state index is 0. The Bertz CT molecular complexity index is 1030. The zero-order valence-electron chi connectivity index (χ0n) is 16.7. The molecule has 165 valence electrons. The summed E-state index contributed by atoms with van der Waals surface area (Å²) in [6, 6.07) is 17.9. The van der Waals surface area contributed by atoms with E-state index in [0.717, 1.165) is 35.8 Å². The van der Waals surface area contributed by atoms with E-state index in [-0.39, 0.29) is 28.5 Å². The number of aliphatic hydroxyl groups is 2. The molecule has 4 aromatic rings. The molecule has 8 nitrogen and oxygen atoms in total. The summed E-state index contributed by atoms with van der Waals surface area (Å²) in [5.74, 6) is -2.49. The fourth-order valence-electron chi connectivity index (χ4n) is 2.39. The number of fused-ring (bicyclic) bond motifs is 2. The molecule has 31 heavy (non-hydrogen) atoms. The number of hydrogen-bond donors (Lipinski definition) is 2. The molecule has 2 N–H and O–H groups in total. The number of aromatic nitrogens is 2. The van der Waals surface area contributed by atoms with Gasteiger partial charge in [0.1, 0.15) is 0 Å². The van der Waals surface area contributed by atoms with Crippen molar-refractivity contribution < 1.29 is 47.1 Å².